The molecule has 122 valence electrons. The van der Waals surface area contributed by atoms with Crippen molar-refractivity contribution in [2.45, 2.75) is 36.7 Å². The first-order chi connectivity index (χ1) is 11.7. The third-order valence-electron chi connectivity index (χ3n) is 4.31. The molecule has 2 aromatic carbocycles. The second-order valence-electron chi connectivity index (χ2n) is 6.10. The molecule has 24 heavy (non-hydrogen) atoms. The first-order valence-corrected chi connectivity index (χ1v) is 9.09. The van der Waals surface area contributed by atoms with E-state index in [0.29, 0.717) is 17.4 Å². The Kier molecular flexibility index (Phi) is 4.10. The maximum absolute atomic E-state index is 14.2. The molecule has 1 aromatic heterocycles. The first kappa shape index (κ1) is 15.4. The summed E-state index contributed by atoms with van der Waals surface area (Å²) >= 11 is 1.67. The second-order valence-corrected chi connectivity index (χ2v) is 7.04. The van der Waals surface area contributed by atoms with Crippen LogP contribution < -0.4 is 0 Å². The van der Waals surface area contributed by atoms with E-state index in [9.17, 15) is 4.39 Å². The monoisotopic (exact) mass is 339 g/mol. The van der Waals surface area contributed by atoms with E-state index in [4.69, 9.17) is 0 Å². The molecular weight excluding hydrogens is 321 g/mol. The number of halogens is 1. The molecule has 1 aliphatic rings. The van der Waals surface area contributed by atoms with Crippen molar-refractivity contribution in [1.82, 2.24) is 14.8 Å². The Morgan fingerprint density at radius 3 is 2.58 bits per heavy atom. The second kappa shape index (κ2) is 6.40. The van der Waals surface area contributed by atoms with Gasteiger partial charge in [-0.05, 0) is 43.0 Å². The Labute approximate surface area is 144 Å². The molecular formula is C19H18FN3S. The SMILES string of the molecule is Cc1ccccc1CSc1nnc(-c2ccccc2F)n1C1CC1. The van der Waals surface area contributed by atoms with Crippen LogP contribution in [-0.4, -0.2) is 14.8 Å². The van der Waals surface area contributed by atoms with Gasteiger partial charge in [-0.1, -0.05) is 48.2 Å². The van der Waals surface area contributed by atoms with Crippen LogP contribution in [-0.2, 0) is 5.75 Å². The zero-order chi connectivity index (χ0) is 16.5. The number of benzene rings is 2. The van der Waals surface area contributed by atoms with Crippen molar-refractivity contribution in [3.63, 3.8) is 0 Å². The zero-order valence-electron chi connectivity index (χ0n) is 13.4. The minimum absolute atomic E-state index is 0.248. The third kappa shape index (κ3) is 2.96. The maximum Gasteiger partial charge on any atom is 0.192 e. The van der Waals surface area contributed by atoms with Crippen molar-refractivity contribution in [1.29, 1.82) is 0 Å². The van der Waals surface area contributed by atoms with Crippen molar-refractivity contribution >= 4 is 11.8 Å². The normalized spacial score (nSPS) is 14.1. The van der Waals surface area contributed by atoms with Gasteiger partial charge < -0.3 is 0 Å². The summed E-state index contributed by atoms with van der Waals surface area (Å²) in [6.07, 6.45) is 2.22. The molecule has 1 aliphatic carbocycles. The summed E-state index contributed by atoms with van der Waals surface area (Å²) in [5.74, 6) is 1.24. The summed E-state index contributed by atoms with van der Waals surface area (Å²) in [5.41, 5.74) is 3.09. The molecule has 0 spiro atoms. The van der Waals surface area contributed by atoms with Crippen LogP contribution >= 0.6 is 11.8 Å². The number of nitrogens with zero attached hydrogens (tertiary/aromatic N) is 3. The lowest BCUT2D eigenvalue weighted by Crippen LogP contribution is -2.01. The predicted molar refractivity (Wildman–Crippen MR) is 94.4 cm³/mol. The molecule has 4 rings (SSSR count). The molecule has 0 N–H and O–H groups in total. The Hall–Kier alpha value is -2.14. The van der Waals surface area contributed by atoms with Gasteiger partial charge in [0.2, 0.25) is 0 Å². The third-order valence-corrected chi connectivity index (χ3v) is 5.30. The van der Waals surface area contributed by atoms with Gasteiger partial charge in [-0.25, -0.2) is 4.39 Å². The lowest BCUT2D eigenvalue weighted by atomic mass is 10.1. The Morgan fingerprint density at radius 2 is 1.83 bits per heavy atom. The van der Waals surface area contributed by atoms with Gasteiger partial charge in [0.25, 0.3) is 0 Å². The number of aryl methyl sites for hydroxylation is 1. The van der Waals surface area contributed by atoms with E-state index in [-0.39, 0.29) is 5.82 Å². The fraction of sp³-hybridized carbons (Fsp3) is 0.263. The van der Waals surface area contributed by atoms with Crippen LogP contribution in [0.5, 0.6) is 0 Å². The van der Waals surface area contributed by atoms with E-state index in [1.54, 1.807) is 23.9 Å². The molecule has 1 heterocycles. The summed E-state index contributed by atoms with van der Waals surface area (Å²) in [7, 11) is 0. The van der Waals surface area contributed by atoms with E-state index in [2.05, 4.69) is 39.9 Å². The zero-order valence-corrected chi connectivity index (χ0v) is 14.3. The molecule has 1 fully saturated rings. The van der Waals surface area contributed by atoms with Crippen LogP contribution in [0.15, 0.2) is 53.7 Å². The number of aromatic nitrogens is 3. The molecule has 0 bridgehead atoms. The van der Waals surface area contributed by atoms with E-state index >= 15 is 0 Å². The van der Waals surface area contributed by atoms with Crippen LogP contribution in [0.3, 0.4) is 0 Å². The van der Waals surface area contributed by atoms with Crippen molar-refractivity contribution < 1.29 is 4.39 Å². The summed E-state index contributed by atoms with van der Waals surface area (Å²) < 4.78 is 16.3. The number of hydrogen-bond donors (Lipinski definition) is 0. The highest BCUT2D eigenvalue weighted by Gasteiger charge is 2.30. The fourth-order valence-electron chi connectivity index (χ4n) is 2.78. The summed E-state index contributed by atoms with van der Waals surface area (Å²) in [6, 6.07) is 15.5. The number of thioether (sulfide) groups is 1. The summed E-state index contributed by atoms with van der Waals surface area (Å²) in [5, 5.41) is 9.52. The average Bonchev–Trinajstić information content (AvgIpc) is 3.35. The van der Waals surface area contributed by atoms with Crippen molar-refractivity contribution in [3.8, 4) is 11.4 Å². The van der Waals surface area contributed by atoms with Crippen LogP contribution in [0.1, 0.15) is 30.0 Å². The predicted octanol–water partition coefficient (Wildman–Crippen LogP) is 5.02. The molecule has 0 amide bonds. The first-order valence-electron chi connectivity index (χ1n) is 8.11. The van der Waals surface area contributed by atoms with Crippen molar-refractivity contribution in [2.75, 3.05) is 0 Å². The minimum atomic E-state index is -0.248. The van der Waals surface area contributed by atoms with Gasteiger partial charge in [-0.3, -0.25) is 4.57 Å². The highest BCUT2D eigenvalue weighted by atomic mass is 32.2. The summed E-state index contributed by atoms with van der Waals surface area (Å²) in [4.78, 5) is 0. The van der Waals surface area contributed by atoms with Crippen LogP contribution in [0.4, 0.5) is 4.39 Å². The molecule has 5 heteroatoms. The topological polar surface area (TPSA) is 30.7 Å². The lowest BCUT2D eigenvalue weighted by Gasteiger charge is -2.10. The molecule has 0 radical (unpaired) electrons. The molecule has 0 atom stereocenters. The number of hydrogen-bond acceptors (Lipinski definition) is 3. The van der Waals surface area contributed by atoms with E-state index < -0.39 is 0 Å². The van der Waals surface area contributed by atoms with Crippen molar-refractivity contribution in [2.24, 2.45) is 0 Å². The van der Waals surface area contributed by atoms with Gasteiger partial charge in [0, 0.05) is 11.8 Å². The van der Waals surface area contributed by atoms with Crippen LogP contribution in [0, 0.1) is 12.7 Å². The lowest BCUT2D eigenvalue weighted by molar-refractivity contribution is 0.622. The van der Waals surface area contributed by atoms with E-state index in [0.717, 1.165) is 23.8 Å². The van der Waals surface area contributed by atoms with Crippen molar-refractivity contribution in [3.05, 3.63) is 65.5 Å². The van der Waals surface area contributed by atoms with Gasteiger partial charge in [0.1, 0.15) is 5.82 Å². The van der Waals surface area contributed by atoms with Gasteiger partial charge in [0.05, 0.1) is 5.56 Å². The van der Waals surface area contributed by atoms with Crippen LogP contribution in [0.25, 0.3) is 11.4 Å². The quantitative estimate of drug-likeness (QED) is 0.612. The molecule has 0 unspecified atom stereocenters. The Balaban J connectivity index is 1.65. The van der Waals surface area contributed by atoms with Gasteiger partial charge in [-0.15, -0.1) is 10.2 Å². The Bertz CT molecular complexity index is 871. The maximum atomic E-state index is 14.2. The highest BCUT2D eigenvalue weighted by Crippen LogP contribution is 2.41. The Morgan fingerprint density at radius 1 is 1.08 bits per heavy atom. The largest absolute Gasteiger partial charge is 0.299 e. The minimum Gasteiger partial charge on any atom is -0.299 e. The van der Waals surface area contributed by atoms with Gasteiger partial charge in [-0.2, -0.15) is 0 Å². The smallest absolute Gasteiger partial charge is 0.192 e. The fourth-order valence-corrected chi connectivity index (χ4v) is 3.86. The molecule has 0 aliphatic heterocycles. The highest BCUT2D eigenvalue weighted by molar-refractivity contribution is 7.98. The van der Waals surface area contributed by atoms with E-state index in [1.807, 2.05) is 12.1 Å². The molecule has 3 nitrogen and oxygen atoms in total. The summed E-state index contributed by atoms with van der Waals surface area (Å²) in [6.45, 7) is 2.12. The molecule has 1 saturated carbocycles. The van der Waals surface area contributed by atoms with Gasteiger partial charge >= 0.3 is 0 Å². The standard InChI is InChI=1S/C19H18FN3S/c1-13-6-2-3-7-14(13)12-24-19-22-21-18(23(19)15-10-11-15)16-8-4-5-9-17(16)20/h2-9,15H,10-12H2,1H3. The van der Waals surface area contributed by atoms with Crippen LogP contribution in [0.2, 0.25) is 0 Å². The van der Waals surface area contributed by atoms with E-state index in [1.165, 1.54) is 17.2 Å². The molecule has 3 aromatic rings. The molecule has 0 saturated heterocycles. The average molecular weight is 339 g/mol. The van der Waals surface area contributed by atoms with Gasteiger partial charge in [0.15, 0.2) is 11.0 Å². The number of rotatable bonds is 5.